The maximum Gasteiger partial charge on any atom is 0.430 e. The van der Waals surface area contributed by atoms with Crippen LogP contribution >= 0.6 is 0 Å². The molecule has 3 saturated heterocycles. The minimum absolute atomic E-state index is 0.0696. The van der Waals surface area contributed by atoms with E-state index in [9.17, 15) is 18.0 Å². The average molecular weight is 390 g/mol. The van der Waals surface area contributed by atoms with E-state index in [1.165, 1.54) is 4.90 Å². The van der Waals surface area contributed by atoms with E-state index in [1.807, 2.05) is 7.05 Å². The van der Waals surface area contributed by atoms with E-state index in [4.69, 9.17) is 4.74 Å². The maximum atomic E-state index is 13.4. The van der Waals surface area contributed by atoms with Crippen molar-refractivity contribution in [2.75, 3.05) is 46.4 Å². The smallest absolute Gasteiger partial charge is 0.381 e. The van der Waals surface area contributed by atoms with E-state index < -0.39 is 11.9 Å². The van der Waals surface area contributed by atoms with Gasteiger partial charge < -0.3 is 24.8 Å². The Morgan fingerprint density at radius 3 is 2.30 bits per heavy atom. The molecule has 0 aliphatic carbocycles. The monoisotopic (exact) mass is 390 g/mol. The molecule has 0 bridgehead atoms. The van der Waals surface area contributed by atoms with Gasteiger partial charge >= 0.3 is 12.2 Å². The number of hydrogen-bond acceptors (Lipinski definition) is 4. The molecule has 3 rings (SSSR count). The van der Waals surface area contributed by atoms with Crippen LogP contribution in [-0.4, -0.2) is 91.5 Å². The van der Waals surface area contributed by atoms with Crippen LogP contribution in [0, 0.1) is 0 Å². The second-order valence-corrected chi connectivity index (χ2v) is 7.59. The topological polar surface area (TPSA) is 48.1 Å². The van der Waals surface area contributed by atoms with Gasteiger partial charge in [0.2, 0.25) is 0 Å². The number of hydrogen-bond donors (Lipinski definition) is 1. The van der Waals surface area contributed by atoms with Gasteiger partial charge in [-0.1, -0.05) is 6.58 Å². The Bertz CT molecular complexity index is 551. The average Bonchev–Trinajstić information content (AvgIpc) is 3.31. The molecule has 0 radical (unpaired) electrons. The third kappa shape index (κ3) is 4.51. The summed E-state index contributed by atoms with van der Waals surface area (Å²) in [4.78, 5) is 17.7. The van der Waals surface area contributed by atoms with Crippen molar-refractivity contribution in [3.05, 3.63) is 12.3 Å². The van der Waals surface area contributed by atoms with Gasteiger partial charge in [-0.3, -0.25) is 0 Å². The van der Waals surface area contributed by atoms with E-state index in [0.717, 1.165) is 6.42 Å². The van der Waals surface area contributed by atoms with Crippen molar-refractivity contribution in [3.8, 4) is 0 Å². The van der Waals surface area contributed by atoms with Gasteiger partial charge in [-0.15, -0.1) is 0 Å². The Labute approximate surface area is 158 Å². The Hall–Kier alpha value is -1.48. The molecule has 3 aliphatic heterocycles. The van der Waals surface area contributed by atoms with E-state index in [1.54, 1.807) is 9.80 Å². The number of rotatable bonds is 4. The number of alkyl halides is 3. The molecular weight excluding hydrogens is 361 g/mol. The maximum absolute atomic E-state index is 13.4. The SMILES string of the molecule is C=C(N(C1CCOCC1)[C@@H]1CCN(C(=O)N2CC[C@H](NC)C2)C1)C(F)(F)F. The summed E-state index contributed by atoms with van der Waals surface area (Å²) in [6, 6.07) is -0.377. The summed E-state index contributed by atoms with van der Waals surface area (Å²) in [6.45, 7) is 6.40. The zero-order chi connectivity index (χ0) is 19.6. The summed E-state index contributed by atoms with van der Waals surface area (Å²) in [5.74, 6) is 0. The lowest BCUT2D eigenvalue weighted by molar-refractivity contribution is -0.122. The van der Waals surface area contributed by atoms with Crippen molar-refractivity contribution in [2.24, 2.45) is 0 Å². The molecule has 3 fully saturated rings. The number of likely N-dealkylation sites (tertiary alicyclic amines) is 2. The van der Waals surface area contributed by atoms with Gasteiger partial charge in [-0.05, 0) is 32.7 Å². The van der Waals surface area contributed by atoms with Gasteiger partial charge in [0.1, 0.15) is 5.70 Å². The minimum Gasteiger partial charge on any atom is -0.381 e. The van der Waals surface area contributed by atoms with Crippen LogP contribution in [-0.2, 0) is 4.74 Å². The van der Waals surface area contributed by atoms with Crippen LogP contribution in [0.2, 0.25) is 0 Å². The molecule has 1 N–H and O–H groups in total. The quantitative estimate of drug-likeness (QED) is 0.798. The number of likely N-dealkylation sites (N-methyl/N-ethyl adjacent to an activating group) is 1. The molecule has 2 amide bonds. The number of ether oxygens (including phenoxy) is 1. The fourth-order valence-electron chi connectivity index (χ4n) is 4.36. The molecule has 9 heteroatoms. The highest BCUT2D eigenvalue weighted by Gasteiger charge is 2.44. The Kier molecular flexibility index (Phi) is 6.20. The first-order valence-corrected chi connectivity index (χ1v) is 9.64. The van der Waals surface area contributed by atoms with Gasteiger partial charge in [0.25, 0.3) is 0 Å². The summed E-state index contributed by atoms with van der Waals surface area (Å²) < 4.78 is 45.6. The molecule has 0 aromatic heterocycles. The first-order chi connectivity index (χ1) is 12.8. The van der Waals surface area contributed by atoms with Gasteiger partial charge in [-0.2, -0.15) is 13.2 Å². The number of halogens is 3. The van der Waals surface area contributed by atoms with Crippen molar-refractivity contribution in [3.63, 3.8) is 0 Å². The van der Waals surface area contributed by atoms with Gasteiger partial charge in [0.15, 0.2) is 0 Å². The van der Waals surface area contributed by atoms with Crippen LogP contribution in [0.5, 0.6) is 0 Å². The van der Waals surface area contributed by atoms with Crippen molar-refractivity contribution in [2.45, 2.75) is 50.0 Å². The molecule has 0 aromatic carbocycles. The second kappa shape index (κ2) is 8.26. The molecule has 3 heterocycles. The van der Waals surface area contributed by atoms with Crippen molar-refractivity contribution in [1.82, 2.24) is 20.0 Å². The van der Waals surface area contributed by atoms with Crippen LogP contribution in [0.25, 0.3) is 0 Å². The highest BCUT2D eigenvalue weighted by molar-refractivity contribution is 5.75. The Balaban J connectivity index is 1.67. The molecule has 154 valence electrons. The van der Waals surface area contributed by atoms with Crippen LogP contribution in [0.3, 0.4) is 0 Å². The predicted molar refractivity (Wildman–Crippen MR) is 95.3 cm³/mol. The molecule has 6 nitrogen and oxygen atoms in total. The summed E-state index contributed by atoms with van der Waals surface area (Å²) in [5.41, 5.74) is -0.801. The summed E-state index contributed by atoms with van der Waals surface area (Å²) in [7, 11) is 1.87. The fourth-order valence-corrected chi connectivity index (χ4v) is 4.36. The Morgan fingerprint density at radius 1 is 1.07 bits per heavy atom. The first-order valence-electron chi connectivity index (χ1n) is 9.64. The molecule has 0 aromatic rings. The zero-order valence-corrected chi connectivity index (χ0v) is 15.8. The van der Waals surface area contributed by atoms with Crippen molar-refractivity contribution >= 4 is 6.03 Å². The standard InChI is InChI=1S/C18H29F3N4O2/c1-13(18(19,20)21)25(15-5-9-27-10-6-15)16-4-8-24(12-16)17(26)23-7-3-14(11-23)22-2/h14-16,22H,1,3-12H2,2H3/t14-,16+/m0/s1. The number of amides is 2. The highest BCUT2D eigenvalue weighted by Crippen LogP contribution is 2.35. The summed E-state index contributed by atoms with van der Waals surface area (Å²) >= 11 is 0. The van der Waals surface area contributed by atoms with Crippen molar-refractivity contribution < 1.29 is 22.7 Å². The lowest BCUT2D eigenvalue weighted by Gasteiger charge is -2.41. The minimum atomic E-state index is -4.47. The fraction of sp³-hybridized carbons (Fsp3) is 0.833. The summed E-state index contributed by atoms with van der Waals surface area (Å²) in [5, 5.41) is 3.17. The van der Waals surface area contributed by atoms with Crippen LogP contribution in [0.4, 0.5) is 18.0 Å². The normalized spacial score (nSPS) is 27.3. The van der Waals surface area contributed by atoms with Gasteiger partial charge in [0, 0.05) is 57.5 Å². The Morgan fingerprint density at radius 2 is 1.70 bits per heavy atom. The molecule has 0 saturated carbocycles. The number of carbonyl (C=O) groups excluding carboxylic acids is 1. The largest absolute Gasteiger partial charge is 0.430 e. The third-order valence-corrected chi connectivity index (χ3v) is 5.92. The van der Waals surface area contributed by atoms with Crippen molar-refractivity contribution in [1.29, 1.82) is 0 Å². The predicted octanol–water partition coefficient (Wildman–Crippen LogP) is 2.03. The van der Waals surface area contributed by atoms with Gasteiger partial charge in [0.05, 0.1) is 0 Å². The first kappa shape index (κ1) is 20.3. The zero-order valence-electron chi connectivity index (χ0n) is 15.8. The van der Waals surface area contributed by atoms with Crippen LogP contribution < -0.4 is 5.32 Å². The molecule has 0 unspecified atom stereocenters. The second-order valence-electron chi connectivity index (χ2n) is 7.59. The summed E-state index contributed by atoms with van der Waals surface area (Å²) in [6.07, 6.45) is -1.93. The molecular formula is C18H29F3N4O2. The van der Waals surface area contributed by atoms with E-state index in [0.29, 0.717) is 58.7 Å². The number of nitrogens with one attached hydrogen (secondary N) is 1. The van der Waals surface area contributed by atoms with Gasteiger partial charge in [-0.25, -0.2) is 4.79 Å². The van der Waals surface area contributed by atoms with E-state index >= 15 is 0 Å². The third-order valence-electron chi connectivity index (χ3n) is 5.92. The van der Waals surface area contributed by atoms with E-state index in [2.05, 4.69) is 11.9 Å². The lowest BCUT2D eigenvalue weighted by atomic mass is 10.0. The van der Waals surface area contributed by atoms with Crippen LogP contribution in [0.1, 0.15) is 25.7 Å². The van der Waals surface area contributed by atoms with E-state index in [-0.39, 0.29) is 24.2 Å². The number of allylic oxidation sites excluding steroid dienone is 1. The molecule has 0 spiro atoms. The molecule has 27 heavy (non-hydrogen) atoms. The van der Waals surface area contributed by atoms with Crippen LogP contribution in [0.15, 0.2) is 12.3 Å². The molecule has 3 aliphatic rings. The highest BCUT2D eigenvalue weighted by atomic mass is 19.4. The lowest BCUT2D eigenvalue weighted by Crippen LogP contribution is -2.50. The number of nitrogens with zero attached hydrogens (tertiary/aromatic N) is 3. The number of urea groups is 1. The number of carbonyl (C=O) groups is 1. The molecule has 2 atom stereocenters.